The zero-order valence-electron chi connectivity index (χ0n) is 13.3. The molecule has 0 saturated carbocycles. The van der Waals surface area contributed by atoms with E-state index in [0.29, 0.717) is 11.6 Å². The van der Waals surface area contributed by atoms with Crippen molar-refractivity contribution in [2.45, 2.75) is 25.3 Å². The van der Waals surface area contributed by atoms with E-state index in [1.165, 1.54) is 0 Å². The molecule has 0 radical (unpaired) electrons. The van der Waals surface area contributed by atoms with Gasteiger partial charge >= 0.3 is 0 Å². The highest BCUT2D eigenvalue weighted by Crippen LogP contribution is 2.16. The number of halogens is 1. The lowest BCUT2D eigenvalue weighted by Gasteiger charge is -2.26. The first-order chi connectivity index (χ1) is 10.8. The normalized spacial score (nSPS) is 17.9. The van der Waals surface area contributed by atoms with Crippen LogP contribution < -0.4 is 5.32 Å². The maximum absolute atomic E-state index is 12.7. The first-order valence-corrected chi connectivity index (χ1v) is 7.83. The van der Waals surface area contributed by atoms with Crippen molar-refractivity contribution in [2.75, 3.05) is 20.1 Å². The van der Waals surface area contributed by atoms with Crippen molar-refractivity contribution in [2.24, 2.45) is 0 Å². The summed E-state index contributed by atoms with van der Waals surface area (Å²) in [7, 11) is 1.90. The van der Waals surface area contributed by atoms with Crippen molar-refractivity contribution < 1.29 is 4.79 Å². The van der Waals surface area contributed by atoms with Gasteiger partial charge in [-0.25, -0.2) is 4.68 Å². The summed E-state index contributed by atoms with van der Waals surface area (Å²) in [6, 6.07) is 10.1. The number of hydrogen-bond donors (Lipinski definition) is 1. The first-order valence-electron chi connectivity index (χ1n) is 7.83. The van der Waals surface area contributed by atoms with Crippen LogP contribution in [-0.4, -0.2) is 46.8 Å². The molecule has 1 saturated heterocycles. The molecule has 1 fully saturated rings. The van der Waals surface area contributed by atoms with E-state index >= 15 is 0 Å². The Labute approximate surface area is 143 Å². The van der Waals surface area contributed by atoms with Crippen molar-refractivity contribution in [3.05, 3.63) is 48.3 Å². The SMILES string of the molecule is CN(C(=O)c1cnn(-c2ccccc2)c1)C1CCCNCC1.Cl. The molecule has 2 heterocycles. The van der Waals surface area contributed by atoms with Crippen LogP contribution in [0.15, 0.2) is 42.7 Å². The summed E-state index contributed by atoms with van der Waals surface area (Å²) in [5.41, 5.74) is 1.60. The molecule has 2 aromatic rings. The van der Waals surface area contributed by atoms with Gasteiger partial charge in [-0.2, -0.15) is 5.10 Å². The van der Waals surface area contributed by atoms with Crippen molar-refractivity contribution in [3.63, 3.8) is 0 Å². The van der Waals surface area contributed by atoms with E-state index in [9.17, 15) is 4.79 Å². The molecule has 1 aliphatic heterocycles. The summed E-state index contributed by atoms with van der Waals surface area (Å²) in [5.74, 6) is 0.0501. The van der Waals surface area contributed by atoms with E-state index in [2.05, 4.69) is 10.4 Å². The maximum atomic E-state index is 12.7. The van der Waals surface area contributed by atoms with Crippen LogP contribution >= 0.6 is 12.4 Å². The summed E-state index contributed by atoms with van der Waals surface area (Å²) in [6.45, 7) is 2.02. The van der Waals surface area contributed by atoms with Crippen LogP contribution in [0, 0.1) is 0 Å². The van der Waals surface area contributed by atoms with Gasteiger partial charge in [0.1, 0.15) is 0 Å². The van der Waals surface area contributed by atoms with Gasteiger partial charge in [0.05, 0.1) is 17.4 Å². The average molecular weight is 335 g/mol. The first kappa shape index (κ1) is 17.5. The number of aromatic nitrogens is 2. The van der Waals surface area contributed by atoms with Gasteiger partial charge in [-0.3, -0.25) is 4.79 Å². The number of carbonyl (C=O) groups is 1. The molecule has 6 heteroatoms. The highest BCUT2D eigenvalue weighted by atomic mass is 35.5. The summed E-state index contributed by atoms with van der Waals surface area (Å²) in [5, 5.41) is 7.69. The van der Waals surface area contributed by atoms with E-state index in [4.69, 9.17) is 0 Å². The Morgan fingerprint density at radius 2 is 2.04 bits per heavy atom. The van der Waals surface area contributed by atoms with Crippen molar-refractivity contribution >= 4 is 18.3 Å². The number of benzene rings is 1. The molecule has 23 heavy (non-hydrogen) atoms. The average Bonchev–Trinajstić information content (AvgIpc) is 2.90. The van der Waals surface area contributed by atoms with E-state index in [1.54, 1.807) is 10.9 Å². The van der Waals surface area contributed by atoms with Crippen LogP contribution in [0.5, 0.6) is 0 Å². The smallest absolute Gasteiger partial charge is 0.257 e. The van der Waals surface area contributed by atoms with Crippen LogP contribution in [-0.2, 0) is 0 Å². The van der Waals surface area contributed by atoms with Crippen molar-refractivity contribution in [1.82, 2.24) is 20.0 Å². The number of hydrogen-bond acceptors (Lipinski definition) is 3. The Hall–Kier alpha value is -1.85. The van der Waals surface area contributed by atoms with Gasteiger partial charge in [0, 0.05) is 19.3 Å². The molecule has 1 aromatic carbocycles. The third kappa shape index (κ3) is 4.12. The maximum Gasteiger partial charge on any atom is 0.257 e. The second-order valence-electron chi connectivity index (χ2n) is 5.76. The summed E-state index contributed by atoms with van der Waals surface area (Å²) < 4.78 is 1.75. The fourth-order valence-electron chi connectivity index (χ4n) is 2.91. The highest BCUT2D eigenvalue weighted by molar-refractivity contribution is 5.93. The van der Waals surface area contributed by atoms with Gasteiger partial charge in [0.25, 0.3) is 5.91 Å². The quantitative estimate of drug-likeness (QED) is 0.938. The Bertz CT molecular complexity index is 621. The Kier molecular flexibility index (Phi) is 6.19. The standard InChI is InChI=1S/C17H22N4O.ClH/c1-20(15-8-5-10-18-11-9-15)17(22)14-12-19-21(13-14)16-6-3-2-4-7-16;/h2-4,6-7,12-13,15,18H,5,8-11H2,1H3;1H. The molecule has 124 valence electrons. The van der Waals surface area contributed by atoms with Gasteiger partial charge in [0.2, 0.25) is 0 Å². The van der Waals surface area contributed by atoms with E-state index in [-0.39, 0.29) is 18.3 Å². The zero-order chi connectivity index (χ0) is 15.4. The lowest BCUT2D eigenvalue weighted by atomic mass is 10.1. The van der Waals surface area contributed by atoms with Crippen LogP contribution in [0.3, 0.4) is 0 Å². The van der Waals surface area contributed by atoms with Gasteiger partial charge in [0.15, 0.2) is 0 Å². The predicted octanol–water partition coefficient (Wildman–Crippen LogP) is 2.51. The second-order valence-corrected chi connectivity index (χ2v) is 5.76. The van der Waals surface area contributed by atoms with Crippen LogP contribution in [0.25, 0.3) is 5.69 Å². The summed E-state index contributed by atoms with van der Waals surface area (Å²) in [6.07, 6.45) is 6.65. The monoisotopic (exact) mass is 334 g/mol. The fourth-order valence-corrected chi connectivity index (χ4v) is 2.91. The lowest BCUT2D eigenvalue weighted by molar-refractivity contribution is 0.0720. The van der Waals surface area contributed by atoms with Crippen molar-refractivity contribution in [1.29, 1.82) is 0 Å². The van der Waals surface area contributed by atoms with Crippen LogP contribution in [0.2, 0.25) is 0 Å². The third-order valence-corrected chi connectivity index (χ3v) is 4.26. The number of rotatable bonds is 3. The molecule has 3 rings (SSSR count). The lowest BCUT2D eigenvalue weighted by Crippen LogP contribution is -2.37. The number of carbonyl (C=O) groups excluding carboxylic acids is 1. The van der Waals surface area contributed by atoms with Crippen molar-refractivity contribution in [3.8, 4) is 5.69 Å². The van der Waals surface area contributed by atoms with Gasteiger partial charge in [-0.1, -0.05) is 18.2 Å². The molecule has 1 amide bonds. The second kappa shape index (κ2) is 8.13. The number of nitrogens with zero attached hydrogens (tertiary/aromatic N) is 3. The fraction of sp³-hybridized carbons (Fsp3) is 0.412. The van der Waals surface area contributed by atoms with E-state index in [0.717, 1.165) is 38.0 Å². The summed E-state index contributed by atoms with van der Waals surface area (Å²) >= 11 is 0. The number of amides is 1. The summed E-state index contributed by atoms with van der Waals surface area (Å²) in [4.78, 5) is 14.5. The minimum Gasteiger partial charge on any atom is -0.339 e. The van der Waals surface area contributed by atoms with Gasteiger partial charge in [-0.05, 0) is 44.5 Å². The van der Waals surface area contributed by atoms with E-state index < -0.39 is 0 Å². The Balaban J connectivity index is 0.00000192. The Morgan fingerprint density at radius 3 is 2.83 bits per heavy atom. The molecule has 1 atom stereocenters. The molecular weight excluding hydrogens is 312 g/mol. The van der Waals surface area contributed by atoms with Crippen LogP contribution in [0.4, 0.5) is 0 Å². The predicted molar refractivity (Wildman–Crippen MR) is 93.4 cm³/mol. The molecule has 1 N–H and O–H groups in total. The van der Waals surface area contributed by atoms with Gasteiger partial charge < -0.3 is 10.2 Å². The molecule has 1 unspecified atom stereocenters. The van der Waals surface area contributed by atoms with Gasteiger partial charge in [-0.15, -0.1) is 12.4 Å². The van der Waals surface area contributed by atoms with E-state index in [1.807, 2.05) is 48.5 Å². The minimum atomic E-state index is 0. The topological polar surface area (TPSA) is 50.2 Å². The molecule has 5 nitrogen and oxygen atoms in total. The highest BCUT2D eigenvalue weighted by Gasteiger charge is 2.23. The molecular formula is C17H23ClN4O. The molecule has 0 spiro atoms. The zero-order valence-corrected chi connectivity index (χ0v) is 14.1. The largest absolute Gasteiger partial charge is 0.339 e. The van der Waals surface area contributed by atoms with Crippen LogP contribution in [0.1, 0.15) is 29.6 Å². The molecule has 0 aliphatic carbocycles. The molecule has 0 bridgehead atoms. The molecule has 1 aliphatic rings. The number of para-hydroxylation sites is 1. The number of nitrogens with one attached hydrogen (secondary N) is 1. The third-order valence-electron chi connectivity index (χ3n) is 4.26. The molecule has 1 aromatic heterocycles. The minimum absolute atomic E-state index is 0. The Morgan fingerprint density at radius 1 is 1.26 bits per heavy atom.